The van der Waals surface area contributed by atoms with Crippen LogP contribution in [-0.2, 0) is 33.5 Å². The first-order valence-electron chi connectivity index (χ1n) is 29.1. The number of fused-ring (bicyclic) bond motifs is 2. The van der Waals surface area contributed by atoms with Crippen molar-refractivity contribution in [2.24, 2.45) is 11.8 Å². The highest BCUT2D eigenvalue weighted by Gasteiger charge is 2.49. The van der Waals surface area contributed by atoms with Gasteiger partial charge in [0.1, 0.15) is 60.0 Å². The van der Waals surface area contributed by atoms with Gasteiger partial charge < -0.3 is 76.5 Å². The molecule has 4 aromatic rings. The van der Waals surface area contributed by atoms with Gasteiger partial charge in [-0.05, 0) is 109 Å². The quantitative estimate of drug-likeness (QED) is 0.0630. The lowest BCUT2D eigenvalue weighted by atomic mass is 9.93. The Balaban J connectivity index is 1.20. The molecule has 7 unspecified atom stereocenters. The maximum Gasteiger partial charge on any atom is 0.251 e. The number of aliphatic hydroxyl groups is 5. The molecule has 12 N–H and O–H groups in total. The molecule has 0 saturated carbocycles. The van der Waals surface area contributed by atoms with E-state index in [0.717, 1.165) is 52.2 Å². The van der Waals surface area contributed by atoms with E-state index in [9.17, 15) is 64.2 Å². The highest BCUT2D eigenvalue weighted by Crippen LogP contribution is 2.32. The molecule has 0 spiro atoms. The molecule has 3 aliphatic heterocycles. The van der Waals surface area contributed by atoms with Gasteiger partial charge in [0.15, 0.2) is 0 Å². The molecule has 3 fully saturated rings. The summed E-state index contributed by atoms with van der Waals surface area (Å²) >= 11 is 0. The smallest absolute Gasteiger partial charge is 0.251 e. The molecule has 0 radical (unpaired) electrons. The summed E-state index contributed by atoms with van der Waals surface area (Å²) in [5.41, 5.74) is 3.81. The first-order valence-corrected chi connectivity index (χ1v) is 29.1. The number of ether oxygens (including phenoxy) is 2. The van der Waals surface area contributed by atoms with Gasteiger partial charge in [-0.2, -0.15) is 0 Å². The highest BCUT2D eigenvalue weighted by atomic mass is 16.5. The minimum atomic E-state index is -2.22. The Kier molecular flexibility index (Phi) is 23.0. The minimum absolute atomic E-state index is 0.00799. The van der Waals surface area contributed by atoms with Crippen LogP contribution < -0.4 is 36.6 Å². The second kappa shape index (κ2) is 30.0. The Morgan fingerprint density at radius 1 is 0.659 bits per heavy atom. The summed E-state index contributed by atoms with van der Waals surface area (Å²) in [5, 5.41) is 82.8. The molecule has 3 saturated heterocycles. The van der Waals surface area contributed by atoms with Gasteiger partial charge in [-0.15, -0.1) is 0 Å². The lowest BCUT2D eigenvalue weighted by molar-refractivity contribution is -0.147. The molecule has 7 amide bonds. The standard InChI is InChI=1S/C62H82N8O15/c1-7-8-9-29-85-46-24-20-41(21-25-46)39-12-10-38(11-13-39)40-14-16-43(17-15-40)56(77)64-47-26-27-49(63-28-30-84-6)65-60(81)53-35(3)34(2)32-70(53)62(83)51(37(5)72)67-59(80)52(55(76)54(75)42-18-22-44(73)23-19-42)68-58(79)48-31-45(74)33-69(48)61(82)50(36(4)71)66-57(47)78/h10-25,34-37,45,47-55,63,71-76H,7-9,26-33H2,1-6H3,(H,64,77)(H,65,81)(H,66,78)(H,67,80)(H,68,79)/t34-,35-,36+,37+,45+,47?,48?,49?,50?,51?,52?,53?,54-,55-/m0/s1. The van der Waals surface area contributed by atoms with Crippen LogP contribution in [0.4, 0.5) is 0 Å². The Morgan fingerprint density at radius 2 is 1.21 bits per heavy atom. The van der Waals surface area contributed by atoms with E-state index in [4.69, 9.17) is 9.47 Å². The Labute approximate surface area is 494 Å². The third-order valence-corrected chi connectivity index (χ3v) is 16.2. The molecule has 7 rings (SSSR count). The molecular formula is C62H82N8O15. The van der Waals surface area contributed by atoms with Crippen molar-refractivity contribution in [2.75, 3.05) is 40.0 Å². The van der Waals surface area contributed by atoms with Crippen LogP contribution in [0.5, 0.6) is 11.5 Å². The van der Waals surface area contributed by atoms with Crippen LogP contribution in [0.15, 0.2) is 97.1 Å². The van der Waals surface area contributed by atoms with E-state index in [1.807, 2.05) is 55.5 Å². The van der Waals surface area contributed by atoms with Gasteiger partial charge in [0.05, 0.1) is 37.7 Å². The molecule has 23 heteroatoms. The van der Waals surface area contributed by atoms with E-state index >= 15 is 0 Å². The Bertz CT molecular complexity index is 2910. The van der Waals surface area contributed by atoms with Crippen LogP contribution >= 0.6 is 0 Å². The van der Waals surface area contributed by atoms with Crippen LogP contribution in [0.3, 0.4) is 0 Å². The molecular weight excluding hydrogens is 1100 g/mol. The molecule has 4 aromatic carbocycles. The van der Waals surface area contributed by atoms with Crippen molar-refractivity contribution in [3.05, 3.63) is 108 Å². The number of benzene rings is 4. The number of rotatable bonds is 18. The number of carbonyl (C=O) groups excluding carboxylic acids is 7. The van der Waals surface area contributed by atoms with E-state index < -0.39 is 133 Å². The van der Waals surface area contributed by atoms with Crippen LogP contribution in [-0.4, -0.2) is 189 Å². The first kappa shape index (κ1) is 65.0. The fraction of sp³-hybridized carbons (Fsp3) is 0.500. The number of phenolic OH excluding ortho intramolecular Hbond substituents is 1. The van der Waals surface area contributed by atoms with Gasteiger partial charge in [0.2, 0.25) is 35.4 Å². The molecule has 460 valence electrons. The van der Waals surface area contributed by atoms with Crippen LogP contribution in [0.2, 0.25) is 0 Å². The van der Waals surface area contributed by atoms with Gasteiger partial charge >= 0.3 is 0 Å². The number of hydrogen-bond donors (Lipinski definition) is 12. The number of unbranched alkanes of at least 4 members (excludes halogenated alkanes) is 2. The molecule has 0 bridgehead atoms. The normalized spacial score (nSPS) is 26.1. The summed E-state index contributed by atoms with van der Waals surface area (Å²) in [4.78, 5) is 104. The maximum absolute atomic E-state index is 14.7. The molecule has 85 heavy (non-hydrogen) atoms. The van der Waals surface area contributed by atoms with Crippen molar-refractivity contribution >= 4 is 41.4 Å². The summed E-state index contributed by atoms with van der Waals surface area (Å²) < 4.78 is 11.2. The minimum Gasteiger partial charge on any atom is -0.508 e. The number of hydrogen-bond acceptors (Lipinski definition) is 16. The lowest BCUT2D eigenvalue weighted by Gasteiger charge is -2.34. The van der Waals surface area contributed by atoms with Gasteiger partial charge in [-0.1, -0.05) is 94.3 Å². The van der Waals surface area contributed by atoms with Crippen molar-refractivity contribution in [3.8, 4) is 33.8 Å². The van der Waals surface area contributed by atoms with Crippen molar-refractivity contribution in [1.29, 1.82) is 0 Å². The van der Waals surface area contributed by atoms with Crippen LogP contribution in [0.25, 0.3) is 22.3 Å². The van der Waals surface area contributed by atoms with Gasteiger partial charge in [0, 0.05) is 38.7 Å². The van der Waals surface area contributed by atoms with E-state index in [0.29, 0.717) is 6.61 Å². The zero-order chi connectivity index (χ0) is 61.6. The summed E-state index contributed by atoms with van der Waals surface area (Å²) in [6.45, 7) is 8.64. The predicted molar refractivity (Wildman–Crippen MR) is 313 cm³/mol. The largest absolute Gasteiger partial charge is 0.508 e. The summed E-state index contributed by atoms with van der Waals surface area (Å²) in [6.07, 6.45) is -7.27. The van der Waals surface area contributed by atoms with Crippen molar-refractivity contribution in [3.63, 3.8) is 0 Å². The Hall–Kier alpha value is -7.51. The molecule has 0 aromatic heterocycles. The number of amides is 7. The number of aliphatic hydroxyl groups excluding tert-OH is 5. The number of nitrogens with zero attached hydrogens (tertiary/aromatic N) is 2. The number of aromatic hydroxyl groups is 1. The van der Waals surface area contributed by atoms with Crippen molar-refractivity contribution in [1.82, 2.24) is 41.7 Å². The van der Waals surface area contributed by atoms with E-state index in [1.54, 1.807) is 31.2 Å². The second-order valence-corrected chi connectivity index (χ2v) is 22.5. The van der Waals surface area contributed by atoms with Crippen molar-refractivity contribution in [2.45, 2.75) is 146 Å². The molecule has 0 aliphatic carbocycles. The number of methoxy groups -OCH3 is 1. The average molecular weight is 1180 g/mol. The summed E-state index contributed by atoms with van der Waals surface area (Å²) in [7, 11) is 1.47. The SMILES string of the molecule is CCCCCOc1ccc(-c2ccc(-c3ccc(C(=O)NC4CCC(NCCOC)NC(=O)C5[C@@H](C)[C@@H](C)CN5C(=O)C([C@@H](C)O)NC(=O)C([C@H](O)[C@@H](O)c5ccc(O)cc5)NC(=O)C5C[C@@H](O)CN5C(=O)C([C@@H](C)O)NC4=O)cc3)cc2)cc1. The summed E-state index contributed by atoms with van der Waals surface area (Å²) in [6, 6.07) is 17.3. The average Bonchev–Trinajstić information content (AvgIpc) is 3.35. The number of carbonyl (C=O) groups is 7. The fourth-order valence-electron chi connectivity index (χ4n) is 11.0. The predicted octanol–water partition coefficient (Wildman–Crippen LogP) is 1.62. The summed E-state index contributed by atoms with van der Waals surface area (Å²) in [5.74, 6) is -6.87. The van der Waals surface area contributed by atoms with E-state index in [-0.39, 0.29) is 55.3 Å². The highest BCUT2D eigenvalue weighted by molar-refractivity contribution is 6.00. The zero-order valence-electron chi connectivity index (χ0n) is 48.9. The first-order chi connectivity index (χ1) is 40.6. The van der Waals surface area contributed by atoms with Gasteiger partial charge in [0.25, 0.3) is 5.91 Å². The van der Waals surface area contributed by atoms with Gasteiger partial charge in [-0.25, -0.2) is 0 Å². The fourth-order valence-corrected chi connectivity index (χ4v) is 11.0. The molecule has 23 nitrogen and oxygen atoms in total. The van der Waals surface area contributed by atoms with Crippen LogP contribution in [0.1, 0.15) is 95.2 Å². The maximum atomic E-state index is 14.7. The monoisotopic (exact) mass is 1180 g/mol. The lowest BCUT2D eigenvalue weighted by Crippen LogP contribution is -2.64. The number of phenols is 1. The third-order valence-electron chi connectivity index (χ3n) is 16.2. The van der Waals surface area contributed by atoms with E-state index in [2.05, 4.69) is 38.8 Å². The zero-order valence-corrected chi connectivity index (χ0v) is 48.9. The molecule has 14 atom stereocenters. The van der Waals surface area contributed by atoms with E-state index in [1.165, 1.54) is 50.1 Å². The molecule has 3 aliphatic rings. The Morgan fingerprint density at radius 3 is 1.79 bits per heavy atom. The topological polar surface area (TPSA) is 338 Å². The molecule has 3 heterocycles. The third kappa shape index (κ3) is 16.5. The second-order valence-electron chi connectivity index (χ2n) is 22.5. The number of nitrogens with one attached hydrogen (secondary N) is 6. The van der Waals surface area contributed by atoms with Crippen LogP contribution in [0, 0.1) is 11.8 Å². The van der Waals surface area contributed by atoms with Crippen molar-refractivity contribution < 1.29 is 73.7 Å². The van der Waals surface area contributed by atoms with Gasteiger partial charge in [-0.3, -0.25) is 38.9 Å².